The van der Waals surface area contributed by atoms with Crippen LogP contribution >= 0.6 is 15.9 Å². The predicted octanol–water partition coefficient (Wildman–Crippen LogP) is 2.95. The second kappa shape index (κ2) is 6.56. The van der Waals surface area contributed by atoms with E-state index >= 15 is 0 Å². The van der Waals surface area contributed by atoms with Crippen molar-refractivity contribution >= 4 is 42.4 Å². The Balaban J connectivity index is 2.28. The van der Waals surface area contributed by atoms with Gasteiger partial charge in [-0.15, -0.1) is 0 Å². The highest BCUT2D eigenvalue weighted by Gasteiger charge is 2.12. The van der Waals surface area contributed by atoms with Gasteiger partial charge in [-0.05, 0) is 24.1 Å². The fourth-order valence-electron chi connectivity index (χ4n) is 1.95. The zero-order chi connectivity index (χ0) is 14.6. The Kier molecular flexibility index (Phi) is 5.01. The summed E-state index contributed by atoms with van der Waals surface area (Å²) >= 11 is 3.47. The van der Waals surface area contributed by atoms with Crippen molar-refractivity contribution in [2.24, 2.45) is 0 Å². The number of anilines is 1. The molecule has 0 aromatic heterocycles. The molecular formula is C14H17BrN2O2S. The highest BCUT2D eigenvalue weighted by Crippen LogP contribution is 2.30. The molecule has 0 aliphatic heterocycles. The zero-order valence-electron chi connectivity index (χ0n) is 11.2. The molecule has 0 aliphatic rings. The van der Waals surface area contributed by atoms with E-state index in [4.69, 9.17) is 0 Å². The molecule has 2 N–H and O–H groups in total. The molecule has 4 nitrogen and oxygen atoms in total. The average molecular weight is 357 g/mol. The molecule has 0 spiro atoms. The first-order chi connectivity index (χ1) is 9.53. The largest absolute Gasteiger partial charge is 0.316 e. The number of fused-ring (bicyclic) bond motifs is 1. The Hall–Kier alpha value is -1.11. The molecule has 2 rings (SSSR count). The molecule has 0 fully saturated rings. The summed E-state index contributed by atoms with van der Waals surface area (Å²) in [5.41, 5.74) is 0.611. The molecule has 6 heteroatoms. The molecule has 2 aromatic rings. The Labute approximate surface area is 127 Å². The number of benzene rings is 2. The van der Waals surface area contributed by atoms with Crippen molar-refractivity contribution in [1.82, 2.24) is 5.32 Å². The van der Waals surface area contributed by atoms with Crippen LogP contribution in [-0.4, -0.2) is 27.3 Å². The van der Waals surface area contributed by atoms with Gasteiger partial charge in [0.1, 0.15) is 0 Å². The van der Waals surface area contributed by atoms with Gasteiger partial charge in [-0.25, -0.2) is 8.42 Å². The molecule has 2 aromatic carbocycles. The molecule has 0 bridgehead atoms. The Morgan fingerprint density at radius 2 is 1.80 bits per heavy atom. The van der Waals surface area contributed by atoms with Gasteiger partial charge in [0.25, 0.3) is 0 Å². The zero-order valence-corrected chi connectivity index (χ0v) is 13.6. The maximum Gasteiger partial charge on any atom is 0.233 e. The molecule has 0 amide bonds. The van der Waals surface area contributed by atoms with E-state index in [1.807, 2.05) is 37.3 Å². The molecule has 108 valence electrons. The van der Waals surface area contributed by atoms with E-state index in [0.717, 1.165) is 21.8 Å². The fourth-order valence-corrected chi connectivity index (χ4v) is 3.46. The summed E-state index contributed by atoms with van der Waals surface area (Å²) in [6.07, 6.45) is 0. The van der Waals surface area contributed by atoms with Crippen LogP contribution in [0.3, 0.4) is 0 Å². The number of halogens is 1. The second-order valence-corrected chi connectivity index (χ2v) is 7.11. The number of nitrogens with one attached hydrogen (secondary N) is 2. The minimum absolute atomic E-state index is 0.0607. The van der Waals surface area contributed by atoms with E-state index < -0.39 is 10.0 Å². The summed E-state index contributed by atoms with van der Waals surface area (Å²) < 4.78 is 27.7. The molecule has 0 heterocycles. The van der Waals surface area contributed by atoms with Gasteiger partial charge >= 0.3 is 0 Å². The van der Waals surface area contributed by atoms with Crippen LogP contribution in [0.1, 0.15) is 6.92 Å². The number of sulfonamides is 1. The maximum atomic E-state index is 12.0. The molecular weight excluding hydrogens is 340 g/mol. The van der Waals surface area contributed by atoms with Crippen molar-refractivity contribution in [3.63, 3.8) is 0 Å². The van der Waals surface area contributed by atoms with Gasteiger partial charge in [0.15, 0.2) is 0 Å². The first-order valence-electron chi connectivity index (χ1n) is 6.42. The van der Waals surface area contributed by atoms with Crippen molar-refractivity contribution in [2.75, 3.05) is 23.6 Å². The molecule has 0 unspecified atom stereocenters. The van der Waals surface area contributed by atoms with Crippen LogP contribution in [-0.2, 0) is 10.0 Å². The third kappa shape index (κ3) is 3.71. The number of hydrogen-bond acceptors (Lipinski definition) is 3. The van der Waals surface area contributed by atoms with Gasteiger partial charge in [-0.2, -0.15) is 0 Å². The second-order valence-electron chi connectivity index (χ2n) is 4.42. The smallest absolute Gasteiger partial charge is 0.233 e. The average Bonchev–Trinajstić information content (AvgIpc) is 2.42. The van der Waals surface area contributed by atoms with E-state index in [1.165, 1.54) is 0 Å². The van der Waals surface area contributed by atoms with E-state index in [0.29, 0.717) is 12.2 Å². The minimum atomic E-state index is -3.34. The molecule has 0 saturated heterocycles. The van der Waals surface area contributed by atoms with Gasteiger partial charge < -0.3 is 5.32 Å². The van der Waals surface area contributed by atoms with Crippen LogP contribution in [0.25, 0.3) is 10.8 Å². The predicted molar refractivity (Wildman–Crippen MR) is 87.6 cm³/mol. The minimum Gasteiger partial charge on any atom is -0.316 e. The molecule has 0 saturated carbocycles. The van der Waals surface area contributed by atoms with Crippen LogP contribution in [0, 0.1) is 0 Å². The third-order valence-electron chi connectivity index (χ3n) is 2.93. The highest BCUT2D eigenvalue weighted by molar-refractivity contribution is 9.10. The van der Waals surface area contributed by atoms with Crippen molar-refractivity contribution in [2.45, 2.75) is 6.92 Å². The van der Waals surface area contributed by atoms with E-state index in [1.54, 1.807) is 6.07 Å². The van der Waals surface area contributed by atoms with Crippen LogP contribution in [0.5, 0.6) is 0 Å². The van der Waals surface area contributed by atoms with Crippen LogP contribution in [0.4, 0.5) is 5.69 Å². The Bertz CT molecular complexity index is 701. The fraction of sp³-hybridized carbons (Fsp3) is 0.286. The first kappa shape index (κ1) is 15.3. The summed E-state index contributed by atoms with van der Waals surface area (Å²) in [4.78, 5) is 0. The maximum absolute atomic E-state index is 12.0. The monoisotopic (exact) mass is 356 g/mol. The molecule has 0 aliphatic carbocycles. The van der Waals surface area contributed by atoms with Gasteiger partial charge in [-0.3, -0.25) is 4.72 Å². The quantitative estimate of drug-likeness (QED) is 0.782. The lowest BCUT2D eigenvalue weighted by atomic mass is 10.1. The highest BCUT2D eigenvalue weighted by atomic mass is 79.9. The lowest BCUT2D eigenvalue weighted by Gasteiger charge is -2.11. The topological polar surface area (TPSA) is 58.2 Å². The first-order valence-corrected chi connectivity index (χ1v) is 8.86. The van der Waals surface area contributed by atoms with E-state index in [2.05, 4.69) is 26.0 Å². The van der Waals surface area contributed by atoms with Crippen molar-refractivity contribution in [1.29, 1.82) is 0 Å². The molecule has 20 heavy (non-hydrogen) atoms. The number of rotatable bonds is 6. The summed E-state index contributed by atoms with van der Waals surface area (Å²) in [5, 5.41) is 4.88. The molecule has 0 radical (unpaired) electrons. The lowest BCUT2D eigenvalue weighted by molar-refractivity contribution is 0.597. The van der Waals surface area contributed by atoms with Crippen LogP contribution in [0.15, 0.2) is 40.9 Å². The van der Waals surface area contributed by atoms with Gasteiger partial charge in [0, 0.05) is 16.4 Å². The molecule has 0 atom stereocenters. The van der Waals surface area contributed by atoms with Crippen molar-refractivity contribution < 1.29 is 8.42 Å². The van der Waals surface area contributed by atoms with Gasteiger partial charge in [0.2, 0.25) is 10.0 Å². The van der Waals surface area contributed by atoms with Gasteiger partial charge in [-0.1, -0.05) is 47.1 Å². The lowest BCUT2D eigenvalue weighted by Crippen LogP contribution is -2.26. The number of hydrogen-bond donors (Lipinski definition) is 2. The Morgan fingerprint density at radius 1 is 1.10 bits per heavy atom. The summed E-state index contributed by atoms with van der Waals surface area (Å²) in [6.45, 7) is 3.15. The van der Waals surface area contributed by atoms with Crippen molar-refractivity contribution in [3.8, 4) is 0 Å². The summed E-state index contributed by atoms with van der Waals surface area (Å²) in [6, 6.07) is 11.3. The van der Waals surface area contributed by atoms with Crippen molar-refractivity contribution in [3.05, 3.63) is 40.9 Å². The van der Waals surface area contributed by atoms with Crippen LogP contribution in [0.2, 0.25) is 0 Å². The van der Waals surface area contributed by atoms with E-state index in [9.17, 15) is 8.42 Å². The third-order valence-corrected chi connectivity index (χ3v) is 4.90. The summed E-state index contributed by atoms with van der Waals surface area (Å²) in [5.74, 6) is 0.0607. The Morgan fingerprint density at radius 3 is 2.50 bits per heavy atom. The standard InChI is InChI=1S/C14H17BrN2O2S/c1-2-16-9-10-20(18,19)17-14-8-7-13(15)11-5-3-4-6-12(11)14/h3-8,16-17H,2,9-10H2,1H3. The van der Waals surface area contributed by atoms with Crippen LogP contribution < -0.4 is 10.0 Å². The van der Waals surface area contributed by atoms with Gasteiger partial charge in [0.05, 0.1) is 11.4 Å². The van der Waals surface area contributed by atoms with E-state index in [-0.39, 0.29) is 5.75 Å². The normalized spacial score (nSPS) is 11.7. The SMILES string of the molecule is CCNCCS(=O)(=O)Nc1ccc(Br)c2ccccc12. The summed E-state index contributed by atoms with van der Waals surface area (Å²) in [7, 11) is -3.34.